The molecule has 42 heavy (non-hydrogen) atoms. The molecule has 7 rings (SSSR count). The van der Waals surface area contributed by atoms with Crippen LogP contribution in [0.15, 0.2) is 60.8 Å². The van der Waals surface area contributed by atoms with Gasteiger partial charge in [0.25, 0.3) is 5.52 Å². The van der Waals surface area contributed by atoms with Crippen LogP contribution < -0.4 is 19.9 Å². The number of ether oxygens (including phenoxy) is 2. The van der Waals surface area contributed by atoms with Crippen LogP contribution in [0.1, 0.15) is 67.1 Å². The summed E-state index contributed by atoms with van der Waals surface area (Å²) in [5, 5.41) is 25.3. The van der Waals surface area contributed by atoms with Crippen molar-refractivity contribution in [1.82, 2.24) is 4.98 Å². The van der Waals surface area contributed by atoms with Gasteiger partial charge < -0.3 is 25.5 Å². The number of aliphatic hydroxyl groups is 1. The molecule has 3 heterocycles. The van der Waals surface area contributed by atoms with E-state index in [9.17, 15) is 19.5 Å². The van der Waals surface area contributed by atoms with Crippen LogP contribution in [0.3, 0.4) is 0 Å². The number of benzene rings is 2. The number of carbonyl (C=O) groups is 1. The molecule has 216 valence electrons. The van der Waals surface area contributed by atoms with Crippen molar-refractivity contribution < 1.29 is 28.5 Å². The Labute approximate surface area is 242 Å². The lowest BCUT2D eigenvalue weighted by Crippen LogP contribution is -2.35. The molecule has 0 bridgehead atoms. The fourth-order valence-electron chi connectivity index (χ4n) is 5.89. The van der Waals surface area contributed by atoms with Crippen LogP contribution in [-0.2, 0) is 11.1 Å². The number of hydrogen-bond donors (Lipinski definition) is 2. The Kier molecular flexibility index (Phi) is 6.22. The summed E-state index contributed by atoms with van der Waals surface area (Å²) in [6, 6.07) is 14.6. The summed E-state index contributed by atoms with van der Waals surface area (Å²) in [6.45, 7) is 2.11. The van der Waals surface area contributed by atoms with Gasteiger partial charge in [-0.3, -0.25) is 4.79 Å². The van der Waals surface area contributed by atoms with E-state index in [-0.39, 0.29) is 43.1 Å². The molecule has 3 N–H and O–H groups in total. The maximum atomic E-state index is 13.7. The first-order chi connectivity index (χ1) is 20.1. The number of rotatable bonds is 9. The minimum Gasteiger partial charge on any atom is -0.618 e. The zero-order valence-electron chi connectivity index (χ0n) is 23.3. The van der Waals surface area contributed by atoms with Crippen molar-refractivity contribution in [3.05, 3.63) is 88.6 Å². The number of ketones is 1. The van der Waals surface area contributed by atoms with Crippen LogP contribution in [0.4, 0.5) is 4.39 Å². The van der Waals surface area contributed by atoms with E-state index >= 15 is 0 Å². The Morgan fingerprint density at radius 1 is 1.21 bits per heavy atom. The first-order valence-electron chi connectivity index (χ1n) is 14.4. The highest BCUT2D eigenvalue weighted by molar-refractivity contribution is 6.00. The molecular formula is C33H32FN3O5. The average Bonchev–Trinajstić information content (AvgIpc) is 3.90. The van der Waals surface area contributed by atoms with E-state index in [1.165, 1.54) is 18.3 Å². The lowest BCUT2D eigenvalue weighted by atomic mass is 9.83. The molecule has 1 aliphatic heterocycles. The number of fused-ring (bicyclic) bond motifs is 2. The molecule has 8 nitrogen and oxygen atoms in total. The zero-order chi connectivity index (χ0) is 29.2. The molecule has 2 aromatic heterocycles. The van der Waals surface area contributed by atoms with Crippen molar-refractivity contribution >= 4 is 16.7 Å². The predicted molar refractivity (Wildman–Crippen MR) is 153 cm³/mol. The second-order valence-corrected chi connectivity index (χ2v) is 12.1. The second kappa shape index (κ2) is 9.74. The molecule has 0 saturated heterocycles. The molecule has 2 fully saturated rings. The van der Waals surface area contributed by atoms with Crippen molar-refractivity contribution in [3.8, 4) is 22.8 Å². The monoisotopic (exact) mass is 569 g/mol. The largest absolute Gasteiger partial charge is 0.618 e. The van der Waals surface area contributed by atoms with Gasteiger partial charge in [0, 0.05) is 29.2 Å². The van der Waals surface area contributed by atoms with E-state index in [1.54, 1.807) is 36.4 Å². The van der Waals surface area contributed by atoms with E-state index in [4.69, 9.17) is 20.2 Å². The van der Waals surface area contributed by atoms with E-state index < -0.39 is 11.1 Å². The summed E-state index contributed by atoms with van der Waals surface area (Å²) in [5.41, 5.74) is 7.54. The molecule has 2 saturated carbocycles. The van der Waals surface area contributed by atoms with Crippen LogP contribution in [0.25, 0.3) is 22.2 Å². The smallest absolute Gasteiger partial charge is 0.266 e. The van der Waals surface area contributed by atoms with Gasteiger partial charge in [-0.1, -0.05) is 0 Å². The van der Waals surface area contributed by atoms with Crippen molar-refractivity contribution in [2.45, 2.75) is 62.7 Å². The van der Waals surface area contributed by atoms with Gasteiger partial charge in [0.1, 0.15) is 23.7 Å². The second-order valence-electron chi connectivity index (χ2n) is 12.1. The highest BCUT2D eigenvalue weighted by Crippen LogP contribution is 2.51. The highest BCUT2D eigenvalue weighted by Gasteiger charge is 2.48. The van der Waals surface area contributed by atoms with Gasteiger partial charge in [0.05, 0.1) is 22.7 Å². The number of carbonyl (C=O) groups excluding carboxylic acids is 1. The number of nitrogens with two attached hydrogens (primary N) is 1. The number of pyridine rings is 2. The molecule has 0 radical (unpaired) electrons. The topological polar surface area (TPSA) is 122 Å². The quantitative estimate of drug-likeness (QED) is 0.165. The number of hydrogen-bond acceptors (Lipinski definition) is 7. The van der Waals surface area contributed by atoms with Crippen molar-refractivity contribution in [2.24, 2.45) is 11.7 Å². The molecule has 2 atom stereocenters. The van der Waals surface area contributed by atoms with Gasteiger partial charge in [-0.2, -0.15) is 4.73 Å². The molecule has 2 aromatic carbocycles. The van der Waals surface area contributed by atoms with Gasteiger partial charge >= 0.3 is 0 Å². The summed E-state index contributed by atoms with van der Waals surface area (Å²) >= 11 is 0. The first-order valence-corrected chi connectivity index (χ1v) is 14.4. The Bertz CT molecular complexity index is 1720. The Hall–Kier alpha value is -4.08. The van der Waals surface area contributed by atoms with Crippen molar-refractivity contribution in [3.63, 3.8) is 0 Å². The maximum Gasteiger partial charge on any atom is 0.266 e. The van der Waals surface area contributed by atoms with Crippen molar-refractivity contribution in [1.29, 1.82) is 0 Å². The molecule has 0 spiro atoms. The Morgan fingerprint density at radius 2 is 1.98 bits per heavy atom. The predicted octanol–water partition coefficient (Wildman–Crippen LogP) is 5.04. The third-order valence-electron chi connectivity index (χ3n) is 8.61. The van der Waals surface area contributed by atoms with Gasteiger partial charge in [0.2, 0.25) is 0 Å². The fourth-order valence-corrected chi connectivity index (χ4v) is 5.89. The Balaban J connectivity index is 1.23. The SMILES string of the molecule is C[C@]1(N)COc2c1cc([C@@](O)(CCC(=O)c1cc(OC3CC3)c3c(ccc[n+]3[O-])c1)C1CC1)nc2-c1ccc(F)cc1. The van der Waals surface area contributed by atoms with Gasteiger partial charge in [-0.05, 0) is 93.5 Å². The molecule has 2 aliphatic carbocycles. The summed E-state index contributed by atoms with van der Waals surface area (Å²) < 4.78 is 26.5. The molecule has 9 heteroatoms. The molecular weight excluding hydrogens is 537 g/mol. The third kappa shape index (κ3) is 4.76. The van der Waals surface area contributed by atoms with E-state index in [0.717, 1.165) is 36.0 Å². The number of nitrogens with zero attached hydrogens (tertiary/aromatic N) is 2. The normalized spacial score (nSPS) is 21.0. The van der Waals surface area contributed by atoms with E-state index in [2.05, 4.69) is 0 Å². The lowest BCUT2D eigenvalue weighted by Gasteiger charge is -2.29. The van der Waals surface area contributed by atoms with Crippen LogP contribution in [-0.4, -0.2) is 28.6 Å². The van der Waals surface area contributed by atoms with Gasteiger partial charge in [-0.25, -0.2) is 9.37 Å². The van der Waals surface area contributed by atoms with Crippen LogP contribution in [0.5, 0.6) is 11.5 Å². The van der Waals surface area contributed by atoms with E-state index in [0.29, 0.717) is 44.9 Å². The highest BCUT2D eigenvalue weighted by atomic mass is 19.1. The van der Waals surface area contributed by atoms with E-state index in [1.807, 2.05) is 13.0 Å². The molecule has 0 unspecified atom stereocenters. The molecule has 3 aliphatic rings. The summed E-state index contributed by atoms with van der Waals surface area (Å²) in [6.07, 6.45) is 5.14. The molecule has 4 aromatic rings. The van der Waals surface area contributed by atoms with Crippen molar-refractivity contribution in [2.75, 3.05) is 6.61 Å². The minimum atomic E-state index is -1.37. The zero-order valence-corrected chi connectivity index (χ0v) is 23.3. The van der Waals surface area contributed by atoms with Gasteiger partial charge in [-0.15, -0.1) is 0 Å². The van der Waals surface area contributed by atoms with Crippen LogP contribution in [0, 0.1) is 16.9 Å². The minimum absolute atomic E-state index is 0.0529. The average molecular weight is 570 g/mol. The number of halogens is 1. The van der Waals surface area contributed by atoms with Crippen LogP contribution in [0.2, 0.25) is 0 Å². The standard InChI is InChI=1S/C33H32FN3O5/c1-32(35)18-41-31-25(32)17-28(36-29(31)19-4-8-23(34)9-5-19)33(39,22-6-7-22)13-12-26(38)21-15-20-3-2-14-37(40)30(20)27(16-21)42-24-10-11-24/h2-5,8-9,14-17,22,24,39H,6-7,10-13,18,35H2,1H3/t32-,33+/m0/s1. The summed E-state index contributed by atoms with van der Waals surface area (Å²) in [5.74, 6) is 0.337. The lowest BCUT2D eigenvalue weighted by molar-refractivity contribution is -0.577. The molecule has 0 amide bonds. The summed E-state index contributed by atoms with van der Waals surface area (Å²) in [4.78, 5) is 18.5. The van der Waals surface area contributed by atoms with Gasteiger partial charge in [0.15, 0.2) is 23.5 Å². The maximum absolute atomic E-state index is 13.7. The van der Waals surface area contributed by atoms with Crippen LogP contribution >= 0.6 is 0 Å². The first kappa shape index (κ1) is 26.8. The number of Topliss-reactive ketones (excluding diaryl/α,β-unsaturated/α-hetero) is 1. The number of aromatic nitrogens is 2. The Morgan fingerprint density at radius 3 is 2.69 bits per heavy atom. The fraction of sp³-hybridized carbons (Fsp3) is 0.364. The third-order valence-corrected chi connectivity index (χ3v) is 8.61. The summed E-state index contributed by atoms with van der Waals surface area (Å²) in [7, 11) is 0.